The molecule has 2 heteroatoms. The van der Waals surface area contributed by atoms with E-state index in [9.17, 15) is 0 Å². The number of hydrogen-bond acceptors (Lipinski definition) is 2. The molecule has 0 fully saturated rings. The van der Waals surface area contributed by atoms with E-state index in [1.165, 1.54) is 11.3 Å². The van der Waals surface area contributed by atoms with Crippen LogP contribution in [-0.2, 0) is 4.74 Å². The van der Waals surface area contributed by atoms with E-state index in [-0.39, 0.29) is 0 Å². The third-order valence-corrected chi connectivity index (χ3v) is 1.94. The van der Waals surface area contributed by atoms with E-state index >= 15 is 0 Å². The summed E-state index contributed by atoms with van der Waals surface area (Å²) in [5.74, 6) is 0. The summed E-state index contributed by atoms with van der Waals surface area (Å²) in [6.07, 6.45) is 1.76. The molecular weight excluding hydrogens is 174 g/mol. The molecule has 0 aliphatic heterocycles. The first-order valence-electron chi connectivity index (χ1n) is 4.82. The minimum absolute atomic E-state index is 0.620. The summed E-state index contributed by atoms with van der Waals surface area (Å²) >= 11 is 0. The van der Waals surface area contributed by atoms with Crippen molar-refractivity contribution >= 4 is 5.69 Å². The Balaban J connectivity index is 2.24. The fraction of sp³-hybridized carbons (Fsp3) is 0.333. The van der Waals surface area contributed by atoms with Crippen LogP contribution in [0.25, 0.3) is 0 Å². The molecule has 76 valence electrons. The van der Waals surface area contributed by atoms with Crippen molar-refractivity contribution in [3.05, 3.63) is 42.5 Å². The average molecular weight is 191 g/mol. The number of para-hydroxylation sites is 1. The van der Waals surface area contributed by atoms with Gasteiger partial charge in [0.2, 0.25) is 0 Å². The minimum Gasteiger partial charge on any atom is -0.383 e. The van der Waals surface area contributed by atoms with E-state index < -0.39 is 0 Å². The average Bonchev–Trinajstić information content (AvgIpc) is 2.20. The van der Waals surface area contributed by atoms with Gasteiger partial charge in [-0.15, -0.1) is 6.58 Å². The first kappa shape index (κ1) is 10.8. The second kappa shape index (κ2) is 6.22. The number of anilines is 1. The normalized spacial score (nSPS) is 9.79. The maximum atomic E-state index is 5.26. The lowest BCUT2D eigenvalue weighted by Crippen LogP contribution is -2.09. The van der Waals surface area contributed by atoms with Crippen LogP contribution < -0.4 is 5.32 Å². The van der Waals surface area contributed by atoms with Gasteiger partial charge in [0.25, 0.3) is 0 Å². The zero-order chi connectivity index (χ0) is 10.2. The molecule has 2 nitrogen and oxygen atoms in total. The van der Waals surface area contributed by atoms with Crippen LogP contribution in [0.3, 0.4) is 0 Å². The monoisotopic (exact) mass is 191 g/mol. The van der Waals surface area contributed by atoms with Gasteiger partial charge >= 0.3 is 0 Å². The molecule has 0 saturated carbocycles. The Hall–Kier alpha value is -1.28. The second-order valence-corrected chi connectivity index (χ2v) is 3.11. The maximum absolute atomic E-state index is 5.26. The van der Waals surface area contributed by atoms with Crippen LogP contribution in [0, 0.1) is 6.92 Å². The van der Waals surface area contributed by atoms with Gasteiger partial charge in [-0.1, -0.05) is 24.3 Å². The molecule has 0 saturated heterocycles. The molecular formula is C12H17NO. The summed E-state index contributed by atoms with van der Waals surface area (Å²) < 4.78 is 5.26. The van der Waals surface area contributed by atoms with Crippen LogP contribution in [0.1, 0.15) is 5.56 Å². The largest absolute Gasteiger partial charge is 0.383 e. The first-order valence-corrected chi connectivity index (χ1v) is 4.82. The quantitative estimate of drug-likeness (QED) is 0.551. The number of benzene rings is 1. The highest BCUT2D eigenvalue weighted by atomic mass is 16.5. The summed E-state index contributed by atoms with van der Waals surface area (Å²) in [5, 5.41) is 3.31. The van der Waals surface area contributed by atoms with Crippen molar-refractivity contribution < 1.29 is 4.74 Å². The molecule has 0 aromatic heterocycles. The van der Waals surface area contributed by atoms with Crippen LogP contribution in [-0.4, -0.2) is 19.8 Å². The molecule has 14 heavy (non-hydrogen) atoms. The van der Waals surface area contributed by atoms with Gasteiger partial charge in [0, 0.05) is 12.2 Å². The summed E-state index contributed by atoms with van der Waals surface area (Å²) in [6, 6.07) is 8.23. The summed E-state index contributed by atoms with van der Waals surface area (Å²) in [7, 11) is 0. The van der Waals surface area contributed by atoms with E-state index in [1.54, 1.807) is 6.08 Å². The second-order valence-electron chi connectivity index (χ2n) is 3.11. The van der Waals surface area contributed by atoms with Gasteiger partial charge in [0.15, 0.2) is 0 Å². The third-order valence-electron chi connectivity index (χ3n) is 1.94. The first-order chi connectivity index (χ1) is 6.84. The van der Waals surface area contributed by atoms with Crippen molar-refractivity contribution in [1.29, 1.82) is 0 Å². The van der Waals surface area contributed by atoms with Crippen molar-refractivity contribution in [2.24, 2.45) is 0 Å². The zero-order valence-corrected chi connectivity index (χ0v) is 8.62. The molecule has 0 heterocycles. The van der Waals surface area contributed by atoms with Crippen LogP contribution in [0.2, 0.25) is 0 Å². The number of aryl methyl sites for hydroxylation is 1. The third kappa shape index (κ3) is 3.62. The van der Waals surface area contributed by atoms with Crippen LogP contribution in [0.5, 0.6) is 0 Å². The predicted octanol–water partition coefficient (Wildman–Crippen LogP) is 2.61. The van der Waals surface area contributed by atoms with Crippen LogP contribution >= 0.6 is 0 Å². The van der Waals surface area contributed by atoms with Crippen molar-refractivity contribution in [3.8, 4) is 0 Å². The van der Waals surface area contributed by atoms with Gasteiger partial charge in [-0.2, -0.15) is 0 Å². The SMILES string of the molecule is C=CCOCCNc1ccccc1C. The van der Waals surface area contributed by atoms with Gasteiger partial charge in [-0.05, 0) is 18.6 Å². The Kier molecular flexibility index (Phi) is 4.79. The lowest BCUT2D eigenvalue weighted by atomic mass is 10.2. The van der Waals surface area contributed by atoms with Gasteiger partial charge in [0.1, 0.15) is 0 Å². The number of ether oxygens (including phenoxy) is 1. The molecule has 0 amide bonds. The molecule has 1 N–H and O–H groups in total. The Labute approximate surface area is 85.6 Å². The molecule has 0 radical (unpaired) electrons. The maximum Gasteiger partial charge on any atom is 0.0645 e. The minimum atomic E-state index is 0.620. The highest BCUT2D eigenvalue weighted by Gasteiger charge is 1.94. The number of rotatable bonds is 6. The Morgan fingerprint density at radius 2 is 2.21 bits per heavy atom. The molecule has 0 bridgehead atoms. The van der Waals surface area contributed by atoms with Crippen molar-refractivity contribution in [3.63, 3.8) is 0 Å². The molecule has 0 aliphatic carbocycles. The molecule has 0 unspecified atom stereocenters. The van der Waals surface area contributed by atoms with Crippen LogP contribution in [0.15, 0.2) is 36.9 Å². The standard InChI is InChI=1S/C12H17NO/c1-3-9-14-10-8-13-12-7-5-4-6-11(12)2/h3-7,13H,1,8-10H2,2H3. The summed E-state index contributed by atoms with van der Waals surface area (Å²) in [4.78, 5) is 0. The lowest BCUT2D eigenvalue weighted by Gasteiger charge is -2.08. The van der Waals surface area contributed by atoms with E-state index in [0.29, 0.717) is 13.2 Å². The lowest BCUT2D eigenvalue weighted by molar-refractivity contribution is 0.173. The molecule has 1 rings (SSSR count). The Bertz CT molecular complexity index is 283. The Morgan fingerprint density at radius 3 is 2.93 bits per heavy atom. The van der Waals surface area contributed by atoms with E-state index in [4.69, 9.17) is 4.74 Å². The number of hydrogen-bond donors (Lipinski definition) is 1. The highest BCUT2D eigenvalue weighted by molar-refractivity contribution is 5.50. The molecule has 0 aliphatic rings. The van der Waals surface area contributed by atoms with Crippen molar-refractivity contribution in [2.75, 3.05) is 25.1 Å². The fourth-order valence-electron chi connectivity index (χ4n) is 1.20. The van der Waals surface area contributed by atoms with Gasteiger partial charge in [-0.25, -0.2) is 0 Å². The molecule has 0 spiro atoms. The van der Waals surface area contributed by atoms with E-state index in [2.05, 4.69) is 31.0 Å². The van der Waals surface area contributed by atoms with Crippen molar-refractivity contribution in [2.45, 2.75) is 6.92 Å². The molecule has 0 atom stereocenters. The zero-order valence-electron chi connectivity index (χ0n) is 8.62. The van der Waals surface area contributed by atoms with E-state index in [1.807, 2.05) is 12.1 Å². The predicted molar refractivity (Wildman–Crippen MR) is 60.7 cm³/mol. The fourth-order valence-corrected chi connectivity index (χ4v) is 1.20. The van der Waals surface area contributed by atoms with Gasteiger partial charge < -0.3 is 10.1 Å². The molecule has 1 aromatic rings. The topological polar surface area (TPSA) is 21.3 Å². The molecule has 1 aromatic carbocycles. The smallest absolute Gasteiger partial charge is 0.0645 e. The van der Waals surface area contributed by atoms with Crippen molar-refractivity contribution in [1.82, 2.24) is 0 Å². The summed E-state index contributed by atoms with van der Waals surface area (Å²) in [6.45, 7) is 7.84. The Morgan fingerprint density at radius 1 is 1.43 bits per heavy atom. The highest BCUT2D eigenvalue weighted by Crippen LogP contribution is 2.12. The van der Waals surface area contributed by atoms with Crippen LogP contribution in [0.4, 0.5) is 5.69 Å². The van der Waals surface area contributed by atoms with E-state index in [0.717, 1.165) is 6.54 Å². The number of nitrogens with one attached hydrogen (secondary N) is 1. The van der Waals surface area contributed by atoms with Gasteiger partial charge in [-0.3, -0.25) is 0 Å². The summed E-state index contributed by atoms with van der Waals surface area (Å²) in [5.41, 5.74) is 2.44. The van der Waals surface area contributed by atoms with Gasteiger partial charge in [0.05, 0.1) is 13.2 Å².